The van der Waals surface area contributed by atoms with Gasteiger partial charge in [-0.05, 0) is 25.5 Å². The van der Waals surface area contributed by atoms with Crippen LogP contribution in [0.4, 0.5) is 0 Å². The molecule has 0 spiro atoms. The Labute approximate surface area is 105 Å². The van der Waals surface area contributed by atoms with Crippen LogP contribution in [0.3, 0.4) is 0 Å². The van der Waals surface area contributed by atoms with E-state index in [1.165, 1.54) is 6.92 Å². The number of nitrogens with zero attached hydrogens (tertiary/aromatic N) is 3. The molecule has 2 aromatic rings. The van der Waals surface area contributed by atoms with Crippen LogP contribution >= 0.6 is 0 Å². The van der Waals surface area contributed by atoms with E-state index in [0.717, 1.165) is 13.0 Å². The molecular weight excluding hydrogens is 230 g/mol. The number of carbonyl (C=O) groups is 1. The third kappa shape index (κ3) is 2.74. The lowest BCUT2D eigenvalue weighted by Crippen LogP contribution is -1.98. The summed E-state index contributed by atoms with van der Waals surface area (Å²) >= 11 is 0. The van der Waals surface area contributed by atoms with Gasteiger partial charge in [0.1, 0.15) is 0 Å². The molecule has 0 saturated carbocycles. The van der Waals surface area contributed by atoms with E-state index in [1.54, 1.807) is 35.4 Å². The first kappa shape index (κ1) is 12.3. The molecule has 0 aliphatic carbocycles. The van der Waals surface area contributed by atoms with Gasteiger partial charge in [0.25, 0.3) is 0 Å². The van der Waals surface area contributed by atoms with Crippen molar-refractivity contribution in [2.75, 3.05) is 0 Å². The van der Waals surface area contributed by atoms with Gasteiger partial charge in [-0.2, -0.15) is 5.10 Å². The summed E-state index contributed by atoms with van der Waals surface area (Å²) in [6.45, 7) is 4.41. The summed E-state index contributed by atoms with van der Waals surface area (Å²) in [5.74, 6) is 0.838. The Balaban J connectivity index is 2.20. The number of pyridine rings is 1. The number of ether oxygens (including phenoxy) is 1. The second-order valence-electron chi connectivity index (χ2n) is 3.95. The molecule has 5 heteroatoms. The normalized spacial score (nSPS) is 10.3. The fourth-order valence-corrected chi connectivity index (χ4v) is 1.60. The highest BCUT2D eigenvalue weighted by Gasteiger charge is 2.10. The predicted octanol–water partition coefficient (Wildman–Crippen LogP) is 2.68. The number of ketones is 1. The Kier molecular flexibility index (Phi) is 3.72. The quantitative estimate of drug-likeness (QED) is 0.760. The smallest absolute Gasteiger partial charge is 0.230 e. The van der Waals surface area contributed by atoms with Crippen LogP contribution in [-0.4, -0.2) is 20.5 Å². The second-order valence-corrected chi connectivity index (χ2v) is 3.95. The number of Topliss-reactive ketones (excluding diaryl/α,β-unsaturated/α-hetero) is 1. The van der Waals surface area contributed by atoms with Crippen molar-refractivity contribution in [3.05, 3.63) is 36.3 Å². The van der Waals surface area contributed by atoms with Gasteiger partial charge in [0.15, 0.2) is 11.5 Å². The average Bonchev–Trinajstić information content (AvgIpc) is 2.77. The van der Waals surface area contributed by atoms with Crippen molar-refractivity contribution >= 4 is 5.78 Å². The van der Waals surface area contributed by atoms with Gasteiger partial charge in [0.05, 0.1) is 18.0 Å². The standard InChI is InChI=1S/C13H15N3O2/c1-3-7-16-9-11(8-15-16)18-13-12(10(2)17)5-4-6-14-13/h4-6,8-9H,3,7H2,1-2H3. The van der Waals surface area contributed by atoms with Crippen LogP contribution in [0.15, 0.2) is 30.7 Å². The summed E-state index contributed by atoms with van der Waals surface area (Å²) in [7, 11) is 0. The van der Waals surface area contributed by atoms with Gasteiger partial charge in [-0.15, -0.1) is 0 Å². The molecule has 0 bridgehead atoms. The van der Waals surface area contributed by atoms with Crippen LogP contribution in [0.5, 0.6) is 11.6 Å². The molecule has 0 aliphatic rings. The highest BCUT2D eigenvalue weighted by Crippen LogP contribution is 2.22. The summed E-state index contributed by atoms with van der Waals surface area (Å²) in [5.41, 5.74) is 0.473. The minimum absolute atomic E-state index is 0.0703. The summed E-state index contributed by atoms with van der Waals surface area (Å²) in [6.07, 6.45) is 6.01. The van der Waals surface area contributed by atoms with Gasteiger partial charge < -0.3 is 4.74 Å². The Morgan fingerprint density at radius 1 is 1.50 bits per heavy atom. The first-order chi connectivity index (χ1) is 8.70. The lowest BCUT2D eigenvalue weighted by atomic mass is 10.2. The van der Waals surface area contributed by atoms with Crippen LogP contribution in [0, 0.1) is 0 Å². The van der Waals surface area contributed by atoms with Gasteiger partial charge in [-0.3, -0.25) is 9.48 Å². The van der Waals surface area contributed by atoms with E-state index >= 15 is 0 Å². The topological polar surface area (TPSA) is 57.0 Å². The van der Waals surface area contributed by atoms with Crippen molar-refractivity contribution in [3.8, 4) is 11.6 Å². The fourth-order valence-electron chi connectivity index (χ4n) is 1.60. The van der Waals surface area contributed by atoms with Gasteiger partial charge in [-0.1, -0.05) is 6.92 Å². The van der Waals surface area contributed by atoms with Crippen LogP contribution in [0.25, 0.3) is 0 Å². The number of rotatable bonds is 5. The highest BCUT2D eigenvalue weighted by atomic mass is 16.5. The third-order valence-corrected chi connectivity index (χ3v) is 2.43. The zero-order valence-corrected chi connectivity index (χ0v) is 10.5. The summed E-state index contributed by atoms with van der Waals surface area (Å²) < 4.78 is 7.38. The molecule has 0 amide bonds. The van der Waals surface area contributed by atoms with Crippen molar-refractivity contribution in [2.24, 2.45) is 0 Å². The summed E-state index contributed by atoms with van der Waals surface area (Å²) in [4.78, 5) is 15.5. The van der Waals surface area contributed by atoms with Crippen molar-refractivity contribution in [1.29, 1.82) is 0 Å². The third-order valence-electron chi connectivity index (χ3n) is 2.43. The number of aryl methyl sites for hydroxylation is 1. The second kappa shape index (κ2) is 5.44. The molecule has 2 heterocycles. The first-order valence-corrected chi connectivity index (χ1v) is 5.87. The number of aromatic nitrogens is 3. The van der Waals surface area contributed by atoms with Crippen LogP contribution < -0.4 is 4.74 Å². The number of carbonyl (C=O) groups excluding carboxylic acids is 1. The van der Waals surface area contributed by atoms with E-state index < -0.39 is 0 Å². The molecule has 0 atom stereocenters. The SMILES string of the molecule is CCCn1cc(Oc2ncccc2C(C)=O)cn1. The van der Waals surface area contributed by atoms with Crippen molar-refractivity contribution in [1.82, 2.24) is 14.8 Å². The van der Waals surface area contributed by atoms with Gasteiger partial charge in [0.2, 0.25) is 5.88 Å². The van der Waals surface area contributed by atoms with Crippen LogP contribution in [-0.2, 0) is 6.54 Å². The summed E-state index contributed by atoms with van der Waals surface area (Å²) in [5, 5.41) is 4.16. The lowest BCUT2D eigenvalue weighted by Gasteiger charge is -2.05. The minimum atomic E-state index is -0.0703. The molecule has 5 nitrogen and oxygen atoms in total. The van der Waals surface area contributed by atoms with Gasteiger partial charge in [0, 0.05) is 12.7 Å². The number of hydrogen-bond acceptors (Lipinski definition) is 4. The molecule has 2 aromatic heterocycles. The molecular formula is C13H15N3O2. The molecule has 0 aromatic carbocycles. The summed E-state index contributed by atoms with van der Waals surface area (Å²) in [6, 6.07) is 3.41. The lowest BCUT2D eigenvalue weighted by molar-refractivity contribution is 0.101. The zero-order chi connectivity index (χ0) is 13.0. The fraction of sp³-hybridized carbons (Fsp3) is 0.308. The van der Waals surface area contributed by atoms with Crippen LogP contribution in [0.1, 0.15) is 30.6 Å². The van der Waals surface area contributed by atoms with E-state index in [4.69, 9.17) is 4.74 Å². The Morgan fingerprint density at radius 3 is 3.06 bits per heavy atom. The van der Waals surface area contributed by atoms with E-state index in [9.17, 15) is 4.79 Å². The van der Waals surface area contributed by atoms with E-state index in [2.05, 4.69) is 17.0 Å². The molecule has 0 unspecified atom stereocenters. The molecule has 0 radical (unpaired) electrons. The van der Waals surface area contributed by atoms with Crippen molar-refractivity contribution in [3.63, 3.8) is 0 Å². The zero-order valence-electron chi connectivity index (χ0n) is 10.5. The van der Waals surface area contributed by atoms with Crippen molar-refractivity contribution in [2.45, 2.75) is 26.8 Å². The maximum atomic E-state index is 11.4. The maximum absolute atomic E-state index is 11.4. The van der Waals surface area contributed by atoms with Gasteiger partial charge in [-0.25, -0.2) is 4.98 Å². The Hall–Kier alpha value is -2.17. The minimum Gasteiger partial charge on any atom is -0.435 e. The molecule has 0 saturated heterocycles. The largest absolute Gasteiger partial charge is 0.435 e. The Bertz CT molecular complexity index is 549. The monoisotopic (exact) mass is 245 g/mol. The molecule has 94 valence electrons. The molecule has 0 fully saturated rings. The maximum Gasteiger partial charge on any atom is 0.230 e. The molecule has 0 N–H and O–H groups in total. The van der Waals surface area contributed by atoms with E-state index in [1.807, 2.05) is 0 Å². The predicted molar refractivity (Wildman–Crippen MR) is 66.8 cm³/mol. The first-order valence-electron chi connectivity index (χ1n) is 5.87. The number of hydrogen-bond donors (Lipinski definition) is 0. The van der Waals surface area contributed by atoms with Crippen LogP contribution in [0.2, 0.25) is 0 Å². The highest BCUT2D eigenvalue weighted by molar-refractivity contribution is 5.96. The van der Waals surface area contributed by atoms with Gasteiger partial charge >= 0.3 is 0 Å². The Morgan fingerprint density at radius 2 is 2.33 bits per heavy atom. The van der Waals surface area contributed by atoms with Crippen molar-refractivity contribution < 1.29 is 9.53 Å². The van der Waals surface area contributed by atoms with E-state index in [0.29, 0.717) is 17.2 Å². The molecule has 0 aliphatic heterocycles. The molecule has 18 heavy (non-hydrogen) atoms. The molecule has 2 rings (SSSR count). The average molecular weight is 245 g/mol. The van der Waals surface area contributed by atoms with E-state index in [-0.39, 0.29) is 5.78 Å².